The van der Waals surface area contributed by atoms with Gasteiger partial charge >= 0.3 is 12.1 Å². The number of amides is 1. The lowest BCUT2D eigenvalue weighted by Crippen LogP contribution is -2.37. The molecule has 0 bridgehead atoms. The van der Waals surface area contributed by atoms with E-state index in [2.05, 4.69) is 4.99 Å². The van der Waals surface area contributed by atoms with Gasteiger partial charge in [-0.25, -0.2) is 9.59 Å². The fraction of sp³-hybridized carbons (Fsp3) is 0.333. The molecule has 0 aliphatic heterocycles. The highest BCUT2D eigenvalue weighted by molar-refractivity contribution is 6.12. The Morgan fingerprint density at radius 3 is 2.00 bits per heavy atom. The van der Waals surface area contributed by atoms with Crippen LogP contribution >= 0.6 is 0 Å². The molecular weight excluding hydrogens is 496 g/mol. The van der Waals surface area contributed by atoms with Gasteiger partial charge in [-0.05, 0) is 52.0 Å². The van der Waals surface area contributed by atoms with Crippen molar-refractivity contribution in [1.29, 1.82) is 0 Å². The zero-order valence-electron chi connectivity index (χ0n) is 21.5. The van der Waals surface area contributed by atoms with Crippen LogP contribution in [-0.4, -0.2) is 54.2 Å². The Bertz CT molecular complexity index is 1210. The Morgan fingerprint density at radius 1 is 0.921 bits per heavy atom. The van der Waals surface area contributed by atoms with E-state index in [0.717, 1.165) is 0 Å². The Labute approximate surface area is 219 Å². The maximum Gasteiger partial charge on any atom is 0.436 e. The van der Waals surface area contributed by atoms with Crippen molar-refractivity contribution in [3.8, 4) is 5.75 Å². The van der Waals surface area contributed by atoms with Gasteiger partial charge in [0.15, 0.2) is 18.2 Å². The van der Waals surface area contributed by atoms with Crippen molar-refractivity contribution in [1.82, 2.24) is 0 Å². The number of aliphatic imine (C=N–C) groups is 1. The van der Waals surface area contributed by atoms with Crippen molar-refractivity contribution in [2.24, 2.45) is 16.6 Å². The van der Waals surface area contributed by atoms with Gasteiger partial charge in [-0.2, -0.15) is 4.99 Å². The summed E-state index contributed by atoms with van der Waals surface area (Å²) in [6.07, 6.45) is -1.52. The molecule has 2 aromatic rings. The van der Waals surface area contributed by atoms with Crippen molar-refractivity contribution in [3.63, 3.8) is 0 Å². The second-order valence-electron chi connectivity index (χ2n) is 9.04. The van der Waals surface area contributed by atoms with Crippen LogP contribution in [0.2, 0.25) is 0 Å². The van der Waals surface area contributed by atoms with Crippen LogP contribution in [0.3, 0.4) is 0 Å². The Kier molecular flexibility index (Phi) is 10.3. The summed E-state index contributed by atoms with van der Waals surface area (Å²) in [5, 5.41) is 11.7. The zero-order valence-corrected chi connectivity index (χ0v) is 21.5. The molecule has 2 aromatic carbocycles. The SMILES string of the molecule is CCOC(=O)COc1ccc(C(=O)CC(C(=O)[O-])C(=O)c2ccc(/C(N)=N\C(=O)OC(C)(C)C)cc2)cc1. The number of esters is 1. The van der Waals surface area contributed by atoms with Gasteiger partial charge in [0.2, 0.25) is 0 Å². The van der Waals surface area contributed by atoms with Gasteiger partial charge in [-0.15, -0.1) is 0 Å². The van der Waals surface area contributed by atoms with Crippen molar-refractivity contribution in [3.05, 3.63) is 65.2 Å². The highest BCUT2D eigenvalue weighted by Gasteiger charge is 2.25. The summed E-state index contributed by atoms with van der Waals surface area (Å²) >= 11 is 0. The molecule has 0 aliphatic carbocycles. The molecule has 38 heavy (non-hydrogen) atoms. The maximum absolute atomic E-state index is 12.9. The van der Waals surface area contributed by atoms with Crippen LogP contribution in [0.25, 0.3) is 0 Å². The molecule has 1 unspecified atom stereocenters. The molecule has 2 N–H and O–H groups in total. The van der Waals surface area contributed by atoms with Gasteiger partial charge < -0.3 is 29.8 Å². The van der Waals surface area contributed by atoms with Crippen LogP contribution in [0.1, 0.15) is 60.4 Å². The number of carbonyl (C=O) groups is 5. The van der Waals surface area contributed by atoms with Gasteiger partial charge in [0.25, 0.3) is 0 Å². The number of carbonyl (C=O) groups excluding carboxylic acids is 5. The smallest absolute Gasteiger partial charge is 0.436 e. The average molecular weight is 526 g/mol. The zero-order chi connectivity index (χ0) is 28.5. The van der Waals surface area contributed by atoms with Crippen LogP contribution in [-0.2, 0) is 19.1 Å². The number of ketones is 2. The predicted octanol–water partition coefficient (Wildman–Crippen LogP) is 2.09. The molecule has 1 atom stereocenters. The average Bonchev–Trinajstić information content (AvgIpc) is 2.84. The summed E-state index contributed by atoms with van der Waals surface area (Å²) in [6.45, 7) is 6.60. The van der Waals surface area contributed by atoms with E-state index in [-0.39, 0.29) is 30.2 Å². The first-order valence-corrected chi connectivity index (χ1v) is 11.6. The topological polar surface area (TPSA) is 174 Å². The van der Waals surface area contributed by atoms with Crippen molar-refractivity contribution in [2.45, 2.75) is 39.7 Å². The number of Topliss-reactive ketones (excluding diaryl/α,β-unsaturated/α-hetero) is 2. The Balaban J connectivity index is 2.08. The molecule has 0 spiro atoms. The van der Waals surface area contributed by atoms with E-state index in [9.17, 15) is 29.1 Å². The van der Waals surface area contributed by atoms with Crippen LogP contribution in [0.4, 0.5) is 4.79 Å². The van der Waals surface area contributed by atoms with Gasteiger partial charge in [0, 0.05) is 23.1 Å². The summed E-state index contributed by atoms with van der Waals surface area (Å²) in [4.78, 5) is 64.1. The first-order chi connectivity index (χ1) is 17.8. The Hall–Kier alpha value is -4.54. The number of nitrogens with two attached hydrogens (primary N) is 1. The lowest BCUT2D eigenvalue weighted by Gasteiger charge is -2.17. The van der Waals surface area contributed by atoms with E-state index in [1.54, 1.807) is 27.7 Å². The number of amidine groups is 1. The third-order valence-corrected chi connectivity index (χ3v) is 4.90. The quantitative estimate of drug-likeness (QED) is 0.150. The molecule has 2 rings (SSSR count). The Morgan fingerprint density at radius 2 is 1.47 bits per heavy atom. The van der Waals surface area contributed by atoms with E-state index in [0.29, 0.717) is 11.3 Å². The summed E-state index contributed by atoms with van der Waals surface area (Å²) in [5.74, 6) is -5.27. The van der Waals surface area contributed by atoms with Crippen molar-refractivity contribution < 1.29 is 43.3 Å². The van der Waals surface area contributed by atoms with Gasteiger partial charge in [-0.1, -0.05) is 24.3 Å². The molecular formula is C27H29N2O9-. The summed E-state index contributed by atoms with van der Waals surface area (Å²) in [5.41, 5.74) is 5.52. The minimum atomic E-state index is -1.74. The fourth-order valence-electron chi connectivity index (χ4n) is 3.12. The third-order valence-electron chi connectivity index (χ3n) is 4.90. The number of ether oxygens (including phenoxy) is 3. The van der Waals surface area contributed by atoms with Gasteiger partial charge in [-0.3, -0.25) is 9.59 Å². The number of rotatable bonds is 11. The summed E-state index contributed by atoms with van der Waals surface area (Å²) in [7, 11) is 0. The van der Waals surface area contributed by atoms with E-state index >= 15 is 0 Å². The second-order valence-corrected chi connectivity index (χ2v) is 9.04. The van der Waals surface area contributed by atoms with E-state index in [4.69, 9.17) is 19.9 Å². The van der Waals surface area contributed by atoms with Crippen LogP contribution < -0.4 is 15.6 Å². The molecule has 0 heterocycles. The standard InChI is InChI=1S/C27H30N2O9/c1-5-36-22(31)15-37-19-12-10-16(11-13-19)21(30)14-20(25(33)34)23(32)17-6-8-18(9-7-17)24(28)29-26(35)38-27(2,3)4/h6-13,20H,5,14-15H2,1-4H3,(H,33,34)(H2,28,29,35)/p-1. The lowest BCUT2D eigenvalue weighted by atomic mass is 9.90. The molecule has 0 aliphatic rings. The first kappa shape index (κ1) is 29.7. The first-order valence-electron chi connectivity index (χ1n) is 11.6. The number of hydrogen-bond acceptors (Lipinski definition) is 9. The third kappa shape index (κ3) is 9.16. The van der Waals surface area contributed by atoms with Crippen LogP contribution in [0, 0.1) is 5.92 Å². The molecule has 0 fully saturated rings. The monoisotopic (exact) mass is 525 g/mol. The summed E-state index contributed by atoms with van der Waals surface area (Å²) in [6, 6.07) is 11.0. The largest absolute Gasteiger partial charge is 0.549 e. The van der Waals surface area contributed by atoms with Crippen molar-refractivity contribution >= 4 is 35.4 Å². The normalized spacial score (nSPS) is 12.3. The fourth-order valence-corrected chi connectivity index (χ4v) is 3.12. The highest BCUT2D eigenvalue weighted by Crippen LogP contribution is 2.19. The van der Waals surface area contributed by atoms with Gasteiger partial charge in [0.1, 0.15) is 17.2 Å². The van der Waals surface area contributed by atoms with E-state index < -0.39 is 47.5 Å². The number of carboxylic acid groups (broad SMARTS) is 1. The number of aliphatic carboxylic acids is 1. The molecule has 0 saturated carbocycles. The second kappa shape index (κ2) is 13.1. The molecule has 11 nitrogen and oxygen atoms in total. The van der Waals surface area contributed by atoms with E-state index in [1.807, 2.05) is 0 Å². The van der Waals surface area contributed by atoms with E-state index in [1.165, 1.54) is 48.5 Å². The molecule has 1 amide bonds. The number of nitrogens with zero attached hydrogens (tertiary/aromatic N) is 1. The van der Waals surface area contributed by atoms with Gasteiger partial charge in [0.05, 0.1) is 18.5 Å². The molecule has 0 aromatic heterocycles. The number of hydrogen-bond donors (Lipinski definition) is 1. The highest BCUT2D eigenvalue weighted by atomic mass is 16.6. The van der Waals surface area contributed by atoms with Crippen molar-refractivity contribution in [2.75, 3.05) is 13.2 Å². The summed E-state index contributed by atoms with van der Waals surface area (Å²) < 4.78 is 15.1. The lowest BCUT2D eigenvalue weighted by molar-refractivity contribution is -0.309. The van der Waals surface area contributed by atoms with Crippen LogP contribution in [0.15, 0.2) is 53.5 Å². The molecule has 11 heteroatoms. The van der Waals surface area contributed by atoms with Crippen LogP contribution in [0.5, 0.6) is 5.75 Å². The maximum atomic E-state index is 12.9. The molecule has 0 saturated heterocycles. The number of benzene rings is 2. The predicted molar refractivity (Wildman–Crippen MR) is 134 cm³/mol. The minimum Gasteiger partial charge on any atom is -0.549 e. The molecule has 0 radical (unpaired) electrons. The molecule has 202 valence electrons. The minimum absolute atomic E-state index is 0.00327. The number of carboxylic acids is 1.